The number of hydrogen-bond donors (Lipinski definition) is 1. The fraction of sp³-hybridized carbons (Fsp3) is 0.462. The molecule has 1 N–H and O–H groups in total. The van der Waals surface area contributed by atoms with Crippen LogP contribution < -0.4 is 14.8 Å². The van der Waals surface area contributed by atoms with E-state index in [1.165, 1.54) is 11.1 Å². The normalized spacial score (nSPS) is 16.0. The van der Waals surface area contributed by atoms with Crippen molar-refractivity contribution in [1.82, 2.24) is 15.1 Å². The van der Waals surface area contributed by atoms with Crippen molar-refractivity contribution in [3.8, 4) is 11.5 Å². The molecule has 0 atom stereocenters. The number of hydrogen-bond acceptors (Lipinski definition) is 5. The SMILES string of the molecule is CC(C)(C)c1ccc(C(=O)NCCC(=O)N2CCN(Cc3ccc4c(c3)OCO4)CC2)cc1. The summed E-state index contributed by atoms with van der Waals surface area (Å²) in [6.07, 6.45) is 0.313. The van der Waals surface area contributed by atoms with Crippen LogP contribution >= 0.6 is 0 Å². The number of fused-ring (bicyclic) bond motifs is 1. The number of nitrogens with zero attached hydrogens (tertiary/aromatic N) is 2. The van der Waals surface area contributed by atoms with E-state index in [1.54, 1.807) is 0 Å². The summed E-state index contributed by atoms with van der Waals surface area (Å²) < 4.78 is 10.8. The van der Waals surface area contributed by atoms with E-state index in [1.807, 2.05) is 41.3 Å². The molecule has 2 aromatic rings. The van der Waals surface area contributed by atoms with Crippen molar-refractivity contribution in [2.24, 2.45) is 0 Å². The molecule has 33 heavy (non-hydrogen) atoms. The monoisotopic (exact) mass is 451 g/mol. The number of piperazine rings is 1. The van der Waals surface area contributed by atoms with E-state index in [9.17, 15) is 9.59 Å². The zero-order valence-electron chi connectivity index (χ0n) is 19.7. The molecule has 0 aromatic heterocycles. The maximum atomic E-state index is 12.6. The van der Waals surface area contributed by atoms with Crippen LogP contribution in [0.1, 0.15) is 48.7 Å². The Kier molecular flexibility index (Phi) is 6.88. The Morgan fingerprint density at radius 3 is 2.33 bits per heavy atom. The molecule has 2 aromatic carbocycles. The molecule has 0 aliphatic carbocycles. The average molecular weight is 452 g/mol. The molecule has 0 spiro atoms. The first-order valence-electron chi connectivity index (χ1n) is 11.6. The summed E-state index contributed by atoms with van der Waals surface area (Å²) in [6.45, 7) is 10.9. The van der Waals surface area contributed by atoms with Gasteiger partial charge < -0.3 is 19.7 Å². The Hall–Kier alpha value is -3.06. The molecule has 1 fully saturated rings. The molecular weight excluding hydrogens is 418 g/mol. The molecule has 2 aliphatic rings. The van der Waals surface area contributed by atoms with Crippen LogP contribution in [0.4, 0.5) is 0 Å². The van der Waals surface area contributed by atoms with Crippen LogP contribution in [-0.2, 0) is 16.8 Å². The van der Waals surface area contributed by atoms with Gasteiger partial charge in [0.25, 0.3) is 5.91 Å². The first-order chi connectivity index (χ1) is 15.8. The van der Waals surface area contributed by atoms with E-state index in [0.29, 0.717) is 31.6 Å². The average Bonchev–Trinajstić information content (AvgIpc) is 3.27. The van der Waals surface area contributed by atoms with Crippen molar-refractivity contribution < 1.29 is 19.1 Å². The van der Waals surface area contributed by atoms with E-state index in [4.69, 9.17) is 9.47 Å². The third kappa shape index (κ3) is 5.85. The molecule has 7 nitrogen and oxygen atoms in total. The highest BCUT2D eigenvalue weighted by Gasteiger charge is 2.22. The lowest BCUT2D eigenvalue weighted by Crippen LogP contribution is -2.48. The lowest BCUT2D eigenvalue weighted by Gasteiger charge is -2.34. The number of ether oxygens (including phenoxy) is 2. The first-order valence-corrected chi connectivity index (χ1v) is 11.6. The van der Waals surface area contributed by atoms with Crippen LogP contribution in [0.25, 0.3) is 0 Å². The maximum absolute atomic E-state index is 12.6. The van der Waals surface area contributed by atoms with Gasteiger partial charge in [0.15, 0.2) is 11.5 Å². The predicted octanol–water partition coefficient (Wildman–Crippen LogP) is 3.18. The van der Waals surface area contributed by atoms with Gasteiger partial charge in [-0.2, -0.15) is 0 Å². The van der Waals surface area contributed by atoms with Gasteiger partial charge in [-0.1, -0.05) is 39.0 Å². The van der Waals surface area contributed by atoms with E-state index in [0.717, 1.165) is 31.1 Å². The van der Waals surface area contributed by atoms with Crippen molar-refractivity contribution >= 4 is 11.8 Å². The van der Waals surface area contributed by atoms with E-state index >= 15 is 0 Å². The molecule has 2 heterocycles. The minimum absolute atomic E-state index is 0.0515. The van der Waals surface area contributed by atoms with Gasteiger partial charge in [0.05, 0.1) is 0 Å². The molecule has 0 bridgehead atoms. The van der Waals surface area contributed by atoms with Gasteiger partial charge >= 0.3 is 0 Å². The van der Waals surface area contributed by atoms with Crippen LogP contribution in [-0.4, -0.2) is 61.1 Å². The summed E-state index contributed by atoms with van der Waals surface area (Å²) in [4.78, 5) is 29.2. The van der Waals surface area contributed by atoms with Gasteiger partial charge in [0.2, 0.25) is 12.7 Å². The first kappa shape index (κ1) is 23.1. The second-order valence-corrected chi connectivity index (χ2v) is 9.68. The zero-order valence-corrected chi connectivity index (χ0v) is 19.7. The van der Waals surface area contributed by atoms with Gasteiger partial charge in [-0.05, 0) is 40.8 Å². The predicted molar refractivity (Wildman–Crippen MR) is 127 cm³/mol. The molecule has 176 valence electrons. The molecule has 1 saturated heterocycles. The molecule has 2 amide bonds. The smallest absolute Gasteiger partial charge is 0.251 e. The zero-order chi connectivity index (χ0) is 23.4. The lowest BCUT2D eigenvalue weighted by atomic mass is 9.87. The molecular formula is C26H33N3O4. The molecule has 7 heteroatoms. The Labute approximate surface area is 195 Å². The fourth-order valence-corrected chi connectivity index (χ4v) is 4.12. The summed E-state index contributed by atoms with van der Waals surface area (Å²) in [5.74, 6) is 1.54. The Bertz CT molecular complexity index is 990. The number of rotatable bonds is 6. The molecule has 0 radical (unpaired) electrons. The molecule has 0 saturated carbocycles. The van der Waals surface area contributed by atoms with Crippen molar-refractivity contribution in [3.63, 3.8) is 0 Å². The minimum atomic E-state index is -0.142. The van der Waals surface area contributed by atoms with Gasteiger partial charge in [0, 0.05) is 51.3 Å². The van der Waals surface area contributed by atoms with Crippen LogP contribution in [0, 0.1) is 0 Å². The van der Waals surface area contributed by atoms with Crippen LogP contribution in [0.2, 0.25) is 0 Å². The van der Waals surface area contributed by atoms with Gasteiger partial charge in [0.1, 0.15) is 0 Å². The Morgan fingerprint density at radius 1 is 0.939 bits per heavy atom. The highest BCUT2D eigenvalue weighted by Crippen LogP contribution is 2.32. The number of carbonyl (C=O) groups is 2. The van der Waals surface area contributed by atoms with Crippen molar-refractivity contribution in [3.05, 3.63) is 59.2 Å². The van der Waals surface area contributed by atoms with Gasteiger partial charge in [-0.15, -0.1) is 0 Å². The second-order valence-electron chi connectivity index (χ2n) is 9.68. The van der Waals surface area contributed by atoms with Crippen molar-refractivity contribution in [2.75, 3.05) is 39.5 Å². The van der Waals surface area contributed by atoms with Crippen LogP contribution in [0.5, 0.6) is 11.5 Å². The minimum Gasteiger partial charge on any atom is -0.454 e. The van der Waals surface area contributed by atoms with E-state index in [2.05, 4.69) is 37.1 Å². The standard InChI is InChI=1S/C26H33N3O4/c1-26(2,3)21-7-5-20(6-8-21)25(31)27-11-10-24(30)29-14-12-28(13-15-29)17-19-4-9-22-23(16-19)33-18-32-22/h4-9,16H,10-15,17-18H2,1-3H3,(H,27,31). The number of amides is 2. The highest BCUT2D eigenvalue weighted by atomic mass is 16.7. The molecule has 0 unspecified atom stereocenters. The topological polar surface area (TPSA) is 71.1 Å². The largest absolute Gasteiger partial charge is 0.454 e. The van der Waals surface area contributed by atoms with E-state index in [-0.39, 0.29) is 24.0 Å². The maximum Gasteiger partial charge on any atom is 0.251 e. The van der Waals surface area contributed by atoms with Gasteiger partial charge in [-0.3, -0.25) is 14.5 Å². The highest BCUT2D eigenvalue weighted by molar-refractivity contribution is 5.94. The Morgan fingerprint density at radius 2 is 1.64 bits per heavy atom. The lowest BCUT2D eigenvalue weighted by molar-refractivity contribution is -0.132. The third-order valence-electron chi connectivity index (χ3n) is 6.21. The second kappa shape index (κ2) is 9.83. The summed E-state index contributed by atoms with van der Waals surface area (Å²) >= 11 is 0. The van der Waals surface area contributed by atoms with Gasteiger partial charge in [-0.25, -0.2) is 0 Å². The van der Waals surface area contributed by atoms with E-state index < -0.39 is 0 Å². The summed E-state index contributed by atoms with van der Waals surface area (Å²) in [6, 6.07) is 13.7. The van der Waals surface area contributed by atoms with Crippen LogP contribution in [0.15, 0.2) is 42.5 Å². The Balaban J connectivity index is 1.17. The number of benzene rings is 2. The summed E-state index contributed by atoms with van der Waals surface area (Å²) in [5, 5.41) is 2.87. The quantitative estimate of drug-likeness (QED) is 0.731. The summed E-state index contributed by atoms with van der Waals surface area (Å²) in [7, 11) is 0. The number of nitrogens with one attached hydrogen (secondary N) is 1. The van der Waals surface area contributed by atoms with Crippen LogP contribution in [0.3, 0.4) is 0 Å². The number of carbonyl (C=O) groups excluding carboxylic acids is 2. The molecule has 2 aliphatic heterocycles. The van der Waals surface area contributed by atoms with Crippen molar-refractivity contribution in [1.29, 1.82) is 0 Å². The van der Waals surface area contributed by atoms with Crippen molar-refractivity contribution in [2.45, 2.75) is 39.2 Å². The molecule has 4 rings (SSSR count). The fourth-order valence-electron chi connectivity index (χ4n) is 4.12. The third-order valence-corrected chi connectivity index (χ3v) is 6.21. The summed E-state index contributed by atoms with van der Waals surface area (Å²) in [5.41, 5.74) is 3.03.